The first-order valence-electron chi connectivity index (χ1n) is 4.79. The molecule has 0 N–H and O–H groups in total. The van der Waals surface area contributed by atoms with Crippen LogP contribution in [-0.2, 0) is 28.6 Å². The highest BCUT2D eigenvalue weighted by atomic mass is 16.5. The van der Waals surface area contributed by atoms with Gasteiger partial charge in [-0.25, -0.2) is 14.4 Å². The van der Waals surface area contributed by atoms with Crippen LogP contribution in [0.1, 0.15) is 0 Å². The molecular weight excluding hydrogens is 240 g/mol. The van der Waals surface area contributed by atoms with E-state index in [0.717, 1.165) is 18.2 Å². The molecule has 6 heteroatoms. The lowest BCUT2D eigenvalue weighted by atomic mass is 10.1. The monoisotopic (exact) mass is 254 g/mol. The maximum absolute atomic E-state index is 11.4. The lowest BCUT2D eigenvalue weighted by Gasteiger charge is -2.01. The van der Waals surface area contributed by atoms with Gasteiger partial charge in [0.1, 0.15) is 0 Å². The van der Waals surface area contributed by atoms with Crippen LogP contribution in [0.25, 0.3) is 0 Å². The van der Waals surface area contributed by atoms with Gasteiger partial charge in [0.25, 0.3) is 0 Å². The van der Waals surface area contributed by atoms with Crippen LogP contribution >= 0.6 is 0 Å². The summed E-state index contributed by atoms with van der Waals surface area (Å²) in [5.41, 5.74) is -0.0780. The summed E-state index contributed by atoms with van der Waals surface area (Å²) in [6.45, 7) is 3.42. The molecule has 0 aromatic carbocycles. The fourth-order valence-electron chi connectivity index (χ4n) is 0.897. The minimum Gasteiger partial charge on any atom is -0.466 e. The van der Waals surface area contributed by atoms with Crippen molar-refractivity contribution >= 4 is 17.9 Å². The van der Waals surface area contributed by atoms with Gasteiger partial charge in [-0.15, -0.1) is 0 Å². The zero-order chi connectivity index (χ0) is 14.1. The first-order chi connectivity index (χ1) is 8.46. The molecule has 0 aromatic heterocycles. The minimum atomic E-state index is -0.722. The topological polar surface area (TPSA) is 78.9 Å². The minimum absolute atomic E-state index is 0.0294. The molecule has 0 bridgehead atoms. The highest BCUT2D eigenvalue weighted by Crippen LogP contribution is 2.06. The highest BCUT2D eigenvalue weighted by Gasteiger charge is 2.11. The molecule has 0 amide bonds. The molecule has 0 unspecified atom stereocenters. The quantitative estimate of drug-likeness (QED) is 0.308. The number of esters is 3. The van der Waals surface area contributed by atoms with Gasteiger partial charge in [0, 0.05) is 6.08 Å². The van der Waals surface area contributed by atoms with Crippen molar-refractivity contribution < 1.29 is 28.6 Å². The van der Waals surface area contributed by atoms with Crippen molar-refractivity contribution in [1.29, 1.82) is 0 Å². The maximum Gasteiger partial charge on any atom is 0.337 e. The van der Waals surface area contributed by atoms with Crippen molar-refractivity contribution in [3.8, 4) is 0 Å². The van der Waals surface area contributed by atoms with E-state index < -0.39 is 17.9 Å². The van der Waals surface area contributed by atoms with Gasteiger partial charge in [-0.2, -0.15) is 0 Å². The van der Waals surface area contributed by atoms with Gasteiger partial charge in [0.05, 0.1) is 32.5 Å². The molecule has 0 aromatic rings. The Morgan fingerprint density at radius 3 is 1.89 bits per heavy atom. The predicted octanol–water partition coefficient (Wildman–Crippen LogP) is 0.544. The lowest BCUT2D eigenvalue weighted by molar-refractivity contribution is -0.136. The molecule has 0 spiro atoms. The third kappa shape index (κ3) is 5.11. The fourth-order valence-corrected chi connectivity index (χ4v) is 0.897. The van der Waals surface area contributed by atoms with Crippen LogP contribution in [0.2, 0.25) is 0 Å². The Labute approximate surface area is 105 Å². The Balaban J connectivity index is 5.12. The van der Waals surface area contributed by atoms with Crippen LogP contribution < -0.4 is 0 Å². The number of methoxy groups -OCH3 is 3. The van der Waals surface area contributed by atoms with E-state index in [1.165, 1.54) is 21.3 Å². The van der Waals surface area contributed by atoms with Crippen molar-refractivity contribution in [2.45, 2.75) is 0 Å². The molecule has 0 aliphatic carbocycles. The van der Waals surface area contributed by atoms with Gasteiger partial charge in [0.2, 0.25) is 0 Å². The molecule has 0 radical (unpaired) electrons. The molecule has 0 aliphatic heterocycles. The Morgan fingerprint density at radius 1 is 0.889 bits per heavy atom. The summed E-state index contributed by atoms with van der Waals surface area (Å²) in [6.07, 6.45) is 3.33. The standard InChI is InChI=1S/C12H14O6/c1-8(11(14)17-3)7-9(12(15)18-4)5-6-10(13)16-2/h5-7H,1H2,2-4H3/b6-5?,9-7+. The van der Waals surface area contributed by atoms with Crippen molar-refractivity contribution in [3.05, 3.63) is 36.0 Å². The van der Waals surface area contributed by atoms with Crippen molar-refractivity contribution in [1.82, 2.24) is 0 Å². The molecule has 98 valence electrons. The number of hydrogen-bond acceptors (Lipinski definition) is 6. The van der Waals surface area contributed by atoms with E-state index in [9.17, 15) is 14.4 Å². The number of carbonyl (C=O) groups excluding carboxylic acids is 3. The summed E-state index contributed by atoms with van der Waals surface area (Å²) in [5, 5.41) is 0. The number of carbonyl (C=O) groups is 3. The Morgan fingerprint density at radius 2 is 1.44 bits per heavy atom. The smallest absolute Gasteiger partial charge is 0.337 e. The van der Waals surface area contributed by atoms with Gasteiger partial charge >= 0.3 is 17.9 Å². The first-order valence-corrected chi connectivity index (χ1v) is 4.79. The maximum atomic E-state index is 11.4. The van der Waals surface area contributed by atoms with Gasteiger partial charge in [-0.05, 0) is 12.2 Å². The van der Waals surface area contributed by atoms with Crippen LogP contribution in [0, 0.1) is 0 Å². The highest BCUT2D eigenvalue weighted by molar-refractivity contribution is 5.98. The summed E-state index contributed by atoms with van der Waals surface area (Å²) in [6, 6.07) is 0. The molecule has 18 heavy (non-hydrogen) atoms. The van der Waals surface area contributed by atoms with Gasteiger partial charge in [-0.3, -0.25) is 0 Å². The third-order valence-electron chi connectivity index (χ3n) is 1.80. The fraction of sp³-hybridized carbons (Fsp3) is 0.250. The van der Waals surface area contributed by atoms with Crippen molar-refractivity contribution in [3.63, 3.8) is 0 Å². The van der Waals surface area contributed by atoms with Crippen molar-refractivity contribution in [2.24, 2.45) is 0 Å². The van der Waals surface area contributed by atoms with Crippen LogP contribution in [0.3, 0.4) is 0 Å². The molecular formula is C12H14O6. The zero-order valence-electron chi connectivity index (χ0n) is 10.4. The van der Waals surface area contributed by atoms with Gasteiger partial charge in [-0.1, -0.05) is 6.58 Å². The average molecular weight is 254 g/mol. The largest absolute Gasteiger partial charge is 0.466 e. The summed E-state index contributed by atoms with van der Waals surface area (Å²) >= 11 is 0. The number of hydrogen-bond donors (Lipinski definition) is 0. The Bertz CT molecular complexity index is 416. The first kappa shape index (κ1) is 15.6. The summed E-state index contributed by atoms with van der Waals surface area (Å²) in [4.78, 5) is 33.4. The second-order valence-electron chi connectivity index (χ2n) is 2.96. The van der Waals surface area contributed by atoms with E-state index in [-0.39, 0.29) is 11.1 Å². The van der Waals surface area contributed by atoms with Gasteiger partial charge in [0.15, 0.2) is 0 Å². The zero-order valence-corrected chi connectivity index (χ0v) is 10.4. The summed E-state index contributed by atoms with van der Waals surface area (Å²) < 4.78 is 13.3. The van der Waals surface area contributed by atoms with Gasteiger partial charge < -0.3 is 14.2 Å². The third-order valence-corrected chi connectivity index (χ3v) is 1.80. The Hall–Kier alpha value is -2.37. The van der Waals surface area contributed by atoms with E-state index in [4.69, 9.17) is 0 Å². The lowest BCUT2D eigenvalue weighted by Crippen LogP contribution is -2.07. The SMILES string of the molecule is C=C(/C=C(\C=CC(=O)OC)C(=O)OC)C(=O)OC. The molecule has 0 saturated carbocycles. The molecule has 0 aliphatic rings. The Kier molecular flexibility index (Phi) is 6.80. The average Bonchev–Trinajstić information content (AvgIpc) is 2.40. The molecule has 0 atom stereocenters. The molecule has 0 saturated heterocycles. The normalized spacial score (nSPS) is 10.9. The number of ether oxygens (including phenoxy) is 3. The van der Waals surface area contributed by atoms with E-state index in [1.807, 2.05) is 0 Å². The molecule has 0 fully saturated rings. The molecule has 0 rings (SSSR count). The second kappa shape index (κ2) is 7.83. The molecule has 0 heterocycles. The van der Waals surface area contributed by atoms with Crippen LogP contribution in [0.5, 0.6) is 0 Å². The van der Waals surface area contributed by atoms with E-state index >= 15 is 0 Å². The van der Waals surface area contributed by atoms with Crippen LogP contribution in [0.4, 0.5) is 0 Å². The van der Waals surface area contributed by atoms with Crippen molar-refractivity contribution in [2.75, 3.05) is 21.3 Å². The predicted molar refractivity (Wildman–Crippen MR) is 62.4 cm³/mol. The summed E-state index contributed by atoms with van der Waals surface area (Å²) in [7, 11) is 3.55. The number of rotatable bonds is 5. The van der Waals surface area contributed by atoms with E-state index in [1.54, 1.807) is 0 Å². The summed E-state index contributed by atoms with van der Waals surface area (Å²) in [5.74, 6) is -2.06. The molecule has 6 nitrogen and oxygen atoms in total. The van der Waals surface area contributed by atoms with Crippen LogP contribution in [-0.4, -0.2) is 39.2 Å². The second-order valence-corrected chi connectivity index (χ2v) is 2.96. The van der Waals surface area contributed by atoms with E-state index in [0.29, 0.717) is 0 Å². The van der Waals surface area contributed by atoms with E-state index in [2.05, 4.69) is 20.8 Å². The van der Waals surface area contributed by atoms with Crippen LogP contribution in [0.15, 0.2) is 36.0 Å².